The monoisotopic (exact) mass is 466 g/mol. The van der Waals surface area contributed by atoms with Crippen molar-refractivity contribution in [3.8, 4) is 0 Å². The maximum atomic E-state index is 2.62. The summed E-state index contributed by atoms with van der Waals surface area (Å²) in [6.45, 7) is 5.24. The quantitative estimate of drug-likeness (QED) is 0.342. The van der Waals surface area contributed by atoms with Crippen molar-refractivity contribution in [3.63, 3.8) is 0 Å². The van der Waals surface area contributed by atoms with Gasteiger partial charge >= 0.3 is 0 Å². The Balaban J connectivity index is 1.25. The van der Waals surface area contributed by atoms with Gasteiger partial charge in [-0.15, -0.1) is 0 Å². The van der Waals surface area contributed by atoms with E-state index >= 15 is 0 Å². The maximum absolute atomic E-state index is 2.62. The molecule has 7 rings (SSSR count). The van der Waals surface area contributed by atoms with E-state index in [1.807, 2.05) is 0 Å². The molecule has 33 heavy (non-hydrogen) atoms. The van der Waals surface area contributed by atoms with Gasteiger partial charge < -0.3 is 0 Å². The normalized spacial score (nSPS) is 51.5. The fourth-order valence-electron chi connectivity index (χ4n) is 12.7. The molecule has 10 atom stereocenters. The summed E-state index contributed by atoms with van der Waals surface area (Å²) in [6, 6.07) is 3.56. The molecule has 10 unspecified atom stereocenters. The molecule has 0 aromatic carbocycles. The minimum atomic E-state index is -1.24. The van der Waals surface area contributed by atoms with Crippen LogP contribution in [0.25, 0.3) is 0 Å². The van der Waals surface area contributed by atoms with Gasteiger partial charge in [-0.25, -0.2) is 0 Å². The Hall–Kier alpha value is 0.217. The van der Waals surface area contributed by atoms with E-state index in [4.69, 9.17) is 0 Å². The zero-order valence-corrected chi connectivity index (χ0v) is 23.2. The van der Waals surface area contributed by atoms with Crippen LogP contribution in [0.3, 0.4) is 0 Å². The second-order valence-electron chi connectivity index (χ2n) is 14.8. The molecular weight excluding hydrogens is 412 g/mol. The molecule has 0 amide bonds. The standard InChI is InChI=1S/C32H54Si/c1-3-21-19-29-25(23-13-14-23)9-7-11-27(29)31(21)33(17-5-6-18-33)32-22(4-2)20-30-26(24-15-16-24)10-8-12-28(30)32/h21-32H,3-20H2,1-2H3. The first kappa shape index (κ1) is 22.4. The molecular formula is C32H54Si. The van der Waals surface area contributed by atoms with Crippen LogP contribution in [-0.2, 0) is 0 Å². The van der Waals surface area contributed by atoms with Crippen LogP contribution >= 0.6 is 0 Å². The fraction of sp³-hybridized carbons (Fsp3) is 1.00. The highest BCUT2D eigenvalue weighted by atomic mass is 28.3. The third-order valence-electron chi connectivity index (χ3n) is 13.8. The molecule has 1 saturated heterocycles. The smallest absolute Gasteiger partial charge is 0.0609 e. The van der Waals surface area contributed by atoms with Gasteiger partial charge in [0, 0.05) is 0 Å². The van der Waals surface area contributed by atoms with E-state index in [2.05, 4.69) is 13.8 Å². The Labute approximate surface area is 206 Å². The molecule has 0 radical (unpaired) electrons. The van der Waals surface area contributed by atoms with Crippen molar-refractivity contribution in [1.82, 2.24) is 0 Å². The lowest BCUT2D eigenvalue weighted by Gasteiger charge is -2.51. The van der Waals surface area contributed by atoms with Crippen LogP contribution in [0.15, 0.2) is 0 Å². The van der Waals surface area contributed by atoms with Crippen LogP contribution in [0.1, 0.15) is 117 Å². The topological polar surface area (TPSA) is 0 Å². The van der Waals surface area contributed by atoms with Crippen molar-refractivity contribution < 1.29 is 0 Å². The van der Waals surface area contributed by atoms with Crippen molar-refractivity contribution in [2.24, 2.45) is 59.2 Å². The molecule has 7 fully saturated rings. The van der Waals surface area contributed by atoms with E-state index in [-0.39, 0.29) is 0 Å². The van der Waals surface area contributed by atoms with Crippen molar-refractivity contribution in [3.05, 3.63) is 0 Å². The summed E-state index contributed by atoms with van der Waals surface area (Å²) in [5.74, 6) is 11.7. The highest BCUT2D eigenvalue weighted by molar-refractivity contribution is 6.83. The van der Waals surface area contributed by atoms with E-state index in [0.29, 0.717) is 0 Å². The number of hydrogen-bond acceptors (Lipinski definition) is 0. The molecule has 6 aliphatic carbocycles. The van der Waals surface area contributed by atoms with Crippen LogP contribution in [0.2, 0.25) is 23.2 Å². The SMILES string of the molecule is CCC1CC2C(C3CC3)CCCC2C1[Si]1(C2C(CC)CC3C(C4CC4)CCCC32)CCCC1. The van der Waals surface area contributed by atoms with E-state index in [1.165, 1.54) is 71.3 Å². The van der Waals surface area contributed by atoms with Gasteiger partial charge in [-0.2, -0.15) is 0 Å². The van der Waals surface area contributed by atoms with Crippen molar-refractivity contribution in [2.45, 2.75) is 140 Å². The molecule has 7 aliphatic rings. The molecule has 6 saturated carbocycles. The highest BCUT2D eigenvalue weighted by Gasteiger charge is 2.65. The zero-order chi connectivity index (χ0) is 22.2. The Morgan fingerprint density at radius 1 is 0.485 bits per heavy atom. The van der Waals surface area contributed by atoms with E-state index < -0.39 is 8.07 Å². The summed E-state index contributed by atoms with van der Waals surface area (Å²) in [5.41, 5.74) is 2.52. The number of hydrogen-bond donors (Lipinski definition) is 0. The van der Waals surface area contributed by atoms with Gasteiger partial charge in [-0.05, 0) is 122 Å². The average molecular weight is 467 g/mol. The Morgan fingerprint density at radius 3 is 1.30 bits per heavy atom. The highest BCUT2D eigenvalue weighted by Crippen LogP contribution is 2.71. The second-order valence-corrected chi connectivity index (χ2v) is 19.6. The number of fused-ring (bicyclic) bond motifs is 2. The summed E-state index contributed by atoms with van der Waals surface area (Å²) < 4.78 is 0. The van der Waals surface area contributed by atoms with Gasteiger partial charge in [0.15, 0.2) is 0 Å². The maximum Gasteiger partial charge on any atom is 0.0609 e. The third kappa shape index (κ3) is 3.54. The Morgan fingerprint density at radius 2 is 0.909 bits per heavy atom. The van der Waals surface area contributed by atoms with E-state index in [0.717, 1.165) is 11.8 Å². The Kier molecular flexibility index (Phi) is 5.88. The summed E-state index contributed by atoms with van der Waals surface area (Å²) in [7, 11) is -1.24. The molecule has 0 aromatic heterocycles. The molecule has 0 N–H and O–H groups in total. The molecule has 1 aliphatic heterocycles. The van der Waals surface area contributed by atoms with Gasteiger partial charge in [-0.1, -0.05) is 77.3 Å². The van der Waals surface area contributed by atoms with Gasteiger partial charge in [0.2, 0.25) is 0 Å². The average Bonchev–Trinajstić information content (AvgIpc) is 3.74. The minimum Gasteiger partial charge on any atom is -0.0651 e. The predicted molar refractivity (Wildman–Crippen MR) is 143 cm³/mol. The lowest BCUT2D eigenvalue weighted by Crippen LogP contribution is -2.50. The molecule has 186 valence electrons. The van der Waals surface area contributed by atoms with Gasteiger partial charge in [-0.3, -0.25) is 0 Å². The van der Waals surface area contributed by atoms with Crippen molar-refractivity contribution >= 4 is 8.07 Å². The van der Waals surface area contributed by atoms with Crippen LogP contribution in [0.4, 0.5) is 0 Å². The largest absolute Gasteiger partial charge is 0.0651 e. The first-order chi connectivity index (χ1) is 16.2. The molecule has 0 aromatic rings. The van der Waals surface area contributed by atoms with Crippen LogP contribution < -0.4 is 0 Å². The minimum absolute atomic E-state index is 1.14. The lowest BCUT2D eigenvalue weighted by atomic mass is 9.71. The third-order valence-corrected chi connectivity index (χ3v) is 20.8. The van der Waals surface area contributed by atoms with Crippen LogP contribution in [0.5, 0.6) is 0 Å². The molecule has 0 nitrogen and oxygen atoms in total. The summed E-state index contributed by atoms with van der Waals surface area (Å²) in [6.07, 6.45) is 25.9. The second kappa shape index (κ2) is 8.66. The predicted octanol–water partition coefficient (Wildman–Crippen LogP) is 9.71. The first-order valence-electron chi connectivity index (χ1n) is 16.2. The molecule has 0 spiro atoms. The van der Waals surface area contributed by atoms with Crippen molar-refractivity contribution in [1.29, 1.82) is 0 Å². The molecule has 1 heterocycles. The summed E-state index contributed by atoms with van der Waals surface area (Å²) in [5, 5.41) is 0. The van der Waals surface area contributed by atoms with Gasteiger partial charge in [0.1, 0.15) is 0 Å². The van der Waals surface area contributed by atoms with Crippen molar-refractivity contribution in [2.75, 3.05) is 0 Å². The Bertz CT molecular complexity index is 645. The summed E-state index contributed by atoms with van der Waals surface area (Å²) in [4.78, 5) is 0. The van der Waals surface area contributed by atoms with E-state index in [9.17, 15) is 0 Å². The lowest BCUT2D eigenvalue weighted by molar-refractivity contribution is 0.154. The van der Waals surface area contributed by atoms with E-state index in [1.54, 1.807) is 102 Å². The van der Waals surface area contributed by atoms with Crippen LogP contribution in [0, 0.1) is 59.2 Å². The van der Waals surface area contributed by atoms with Gasteiger partial charge in [0.25, 0.3) is 0 Å². The fourth-order valence-corrected chi connectivity index (χ4v) is 21.7. The molecule has 1 heteroatoms. The summed E-state index contributed by atoms with van der Waals surface area (Å²) >= 11 is 0. The molecule has 0 bridgehead atoms. The van der Waals surface area contributed by atoms with Crippen LogP contribution in [-0.4, -0.2) is 8.07 Å². The number of rotatable bonds is 6. The first-order valence-corrected chi connectivity index (χ1v) is 18.8. The van der Waals surface area contributed by atoms with Gasteiger partial charge in [0.05, 0.1) is 8.07 Å². The zero-order valence-electron chi connectivity index (χ0n) is 22.2.